The fourth-order valence-electron chi connectivity index (χ4n) is 2.39. The third-order valence-corrected chi connectivity index (χ3v) is 4.22. The first kappa shape index (κ1) is 24.1. The van der Waals surface area contributed by atoms with Gasteiger partial charge in [-0.1, -0.05) is 35.3 Å². The minimum atomic E-state index is -2.74. The van der Waals surface area contributed by atoms with Crippen molar-refractivity contribution in [3.05, 3.63) is 51.8 Å². The summed E-state index contributed by atoms with van der Waals surface area (Å²) in [5.74, 6) is -1.48. The molecule has 0 atom stereocenters. The lowest BCUT2D eigenvalue weighted by Crippen LogP contribution is -2.46. The number of nitriles is 1. The fourth-order valence-corrected chi connectivity index (χ4v) is 2.94. The summed E-state index contributed by atoms with van der Waals surface area (Å²) in [7, 11) is 0. The first-order chi connectivity index (χ1) is 14.7. The molecular weight excluding hydrogens is 460 g/mol. The standard InChI is InChI=1S/C19H15Cl2F3N4O3/c20-12-6-13(18(14(21)7-12)31-9-16(23)24)10-1-2-11(15(22)5-10)8-26-19(30)28-27-17(29)3-4-25/h1-2,5-7,16H,3,8-9H2,(H,27,29)(H2,26,28,30). The number of hydrogen-bond acceptors (Lipinski definition) is 4. The number of carbonyl (C=O) groups excluding carboxylic acids is 2. The second kappa shape index (κ2) is 11.3. The van der Waals surface area contributed by atoms with Crippen LogP contribution in [-0.4, -0.2) is 25.0 Å². The van der Waals surface area contributed by atoms with E-state index in [4.69, 9.17) is 33.2 Å². The van der Waals surface area contributed by atoms with Gasteiger partial charge >= 0.3 is 6.03 Å². The molecule has 0 spiro atoms. The predicted octanol–water partition coefficient (Wildman–Crippen LogP) is 4.19. The summed E-state index contributed by atoms with van der Waals surface area (Å²) < 4.78 is 44.7. The maximum Gasteiger partial charge on any atom is 0.333 e. The summed E-state index contributed by atoms with van der Waals surface area (Å²) in [6, 6.07) is 7.45. The summed E-state index contributed by atoms with van der Waals surface area (Å²) in [5, 5.41) is 10.9. The van der Waals surface area contributed by atoms with Crippen LogP contribution in [0.15, 0.2) is 30.3 Å². The monoisotopic (exact) mass is 474 g/mol. The van der Waals surface area contributed by atoms with E-state index < -0.39 is 37.2 Å². The van der Waals surface area contributed by atoms with Crippen molar-refractivity contribution in [3.8, 4) is 22.9 Å². The number of alkyl halides is 2. The normalized spacial score (nSPS) is 10.4. The Morgan fingerprint density at radius 2 is 1.90 bits per heavy atom. The number of halogens is 5. The third-order valence-electron chi connectivity index (χ3n) is 3.72. The Morgan fingerprint density at radius 3 is 2.55 bits per heavy atom. The molecule has 2 rings (SSSR count). The third kappa shape index (κ3) is 7.24. The van der Waals surface area contributed by atoms with Gasteiger partial charge in [-0.25, -0.2) is 23.4 Å². The van der Waals surface area contributed by atoms with Crippen LogP contribution in [-0.2, 0) is 11.3 Å². The number of carbonyl (C=O) groups is 2. The lowest BCUT2D eigenvalue weighted by molar-refractivity contribution is -0.120. The summed E-state index contributed by atoms with van der Waals surface area (Å²) in [6.45, 7) is -1.13. The SMILES string of the molecule is N#CCC(=O)NNC(=O)NCc1ccc(-c2cc(Cl)cc(Cl)c2OCC(F)F)cc1F. The van der Waals surface area contributed by atoms with Crippen molar-refractivity contribution in [2.45, 2.75) is 19.4 Å². The summed E-state index contributed by atoms with van der Waals surface area (Å²) in [4.78, 5) is 22.7. The van der Waals surface area contributed by atoms with Gasteiger partial charge in [-0.3, -0.25) is 10.2 Å². The molecule has 2 aromatic rings. The van der Waals surface area contributed by atoms with Crippen LogP contribution < -0.4 is 20.9 Å². The number of benzene rings is 2. The van der Waals surface area contributed by atoms with E-state index in [2.05, 4.69) is 5.32 Å². The summed E-state index contributed by atoms with van der Waals surface area (Å²) in [5.41, 5.74) is 4.59. The minimum Gasteiger partial charge on any atom is -0.485 e. The second-order valence-electron chi connectivity index (χ2n) is 5.96. The zero-order valence-corrected chi connectivity index (χ0v) is 17.2. The van der Waals surface area contributed by atoms with Gasteiger partial charge in [0.1, 0.15) is 24.6 Å². The molecule has 12 heteroatoms. The van der Waals surface area contributed by atoms with Crippen LogP contribution in [0.2, 0.25) is 10.0 Å². The van der Waals surface area contributed by atoms with Crippen molar-refractivity contribution in [2.24, 2.45) is 0 Å². The van der Waals surface area contributed by atoms with E-state index in [1.54, 1.807) is 6.07 Å². The molecule has 0 aliphatic heterocycles. The van der Waals surface area contributed by atoms with E-state index in [0.717, 1.165) is 6.07 Å². The van der Waals surface area contributed by atoms with Gasteiger partial charge in [-0.15, -0.1) is 0 Å². The largest absolute Gasteiger partial charge is 0.485 e. The number of ether oxygens (including phenoxy) is 1. The van der Waals surface area contributed by atoms with E-state index in [9.17, 15) is 22.8 Å². The van der Waals surface area contributed by atoms with E-state index in [1.165, 1.54) is 24.3 Å². The molecule has 0 heterocycles. The summed E-state index contributed by atoms with van der Waals surface area (Å²) in [6.07, 6.45) is -3.17. The second-order valence-corrected chi connectivity index (χ2v) is 6.81. The highest BCUT2D eigenvalue weighted by atomic mass is 35.5. The molecule has 0 saturated heterocycles. The maximum atomic E-state index is 14.5. The van der Waals surface area contributed by atoms with Crippen molar-refractivity contribution < 1.29 is 27.5 Å². The Bertz CT molecular complexity index is 1020. The topological polar surface area (TPSA) is 103 Å². The van der Waals surface area contributed by atoms with Gasteiger partial charge in [0.2, 0.25) is 0 Å². The smallest absolute Gasteiger partial charge is 0.333 e. The maximum absolute atomic E-state index is 14.5. The highest BCUT2D eigenvalue weighted by Crippen LogP contribution is 2.39. The number of hydrazine groups is 1. The molecular formula is C19H15Cl2F3N4O3. The number of rotatable bonds is 7. The van der Waals surface area contributed by atoms with Crippen LogP contribution in [0.25, 0.3) is 11.1 Å². The van der Waals surface area contributed by atoms with Crippen molar-refractivity contribution in [2.75, 3.05) is 6.61 Å². The van der Waals surface area contributed by atoms with E-state index in [0.29, 0.717) is 0 Å². The number of amides is 3. The Balaban J connectivity index is 2.13. The molecule has 0 radical (unpaired) electrons. The van der Waals surface area contributed by atoms with Gasteiger partial charge in [-0.2, -0.15) is 5.26 Å². The highest BCUT2D eigenvalue weighted by Gasteiger charge is 2.16. The van der Waals surface area contributed by atoms with Crippen LogP contribution in [0.4, 0.5) is 18.0 Å². The number of nitrogens with one attached hydrogen (secondary N) is 3. The zero-order valence-electron chi connectivity index (χ0n) is 15.6. The van der Waals surface area contributed by atoms with Gasteiger partial charge in [0, 0.05) is 22.7 Å². The van der Waals surface area contributed by atoms with Crippen LogP contribution in [0.5, 0.6) is 5.75 Å². The van der Waals surface area contributed by atoms with Gasteiger partial charge in [0.25, 0.3) is 12.3 Å². The molecule has 7 nitrogen and oxygen atoms in total. The molecule has 3 amide bonds. The number of hydrogen-bond donors (Lipinski definition) is 3. The first-order valence-corrected chi connectivity index (χ1v) is 9.35. The molecule has 164 valence electrons. The van der Waals surface area contributed by atoms with Crippen molar-refractivity contribution >= 4 is 35.1 Å². The van der Waals surface area contributed by atoms with Crippen LogP contribution in [0.3, 0.4) is 0 Å². The fraction of sp³-hybridized carbons (Fsp3) is 0.211. The van der Waals surface area contributed by atoms with E-state index in [1.807, 2.05) is 10.9 Å². The molecule has 0 aromatic heterocycles. The molecule has 0 aliphatic carbocycles. The van der Waals surface area contributed by atoms with Gasteiger partial charge in [0.05, 0.1) is 11.1 Å². The van der Waals surface area contributed by atoms with Gasteiger partial charge in [0.15, 0.2) is 0 Å². The Hall–Kier alpha value is -3.16. The number of urea groups is 1. The summed E-state index contributed by atoms with van der Waals surface area (Å²) >= 11 is 12.0. The molecule has 2 aromatic carbocycles. The Kier molecular flexibility index (Phi) is 8.78. The Labute approximate surface area is 185 Å². The quantitative estimate of drug-likeness (QED) is 0.523. The molecule has 0 unspecified atom stereocenters. The molecule has 0 aliphatic rings. The molecule has 0 saturated carbocycles. The highest BCUT2D eigenvalue weighted by molar-refractivity contribution is 6.36. The molecule has 31 heavy (non-hydrogen) atoms. The molecule has 0 fully saturated rings. The lowest BCUT2D eigenvalue weighted by Gasteiger charge is -2.15. The first-order valence-electron chi connectivity index (χ1n) is 8.59. The van der Waals surface area contributed by atoms with Crippen LogP contribution in [0.1, 0.15) is 12.0 Å². The Morgan fingerprint density at radius 1 is 1.16 bits per heavy atom. The van der Waals surface area contributed by atoms with E-state index in [-0.39, 0.29) is 39.0 Å². The van der Waals surface area contributed by atoms with Crippen LogP contribution >= 0.6 is 23.2 Å². The average molecular weight is 475 g/mol. The van der Waals surface area contributed by atoms with Crippen molar-refractivity contribution in [1.82, 2.24) is 16.2 Å². The number of nitrogens with zero attached hydrogens (tertiary/aromatic N) is 1. The van der Waals surface area contributed by atoms with E-state index >= 15 is 0 Å². The van der Waals surface area contributed by atoms with Gasteiger partial charge in [-0.05, 0) is 23.8 Å². The molecule has 3 N–H and O–H groups in total. The van der Waals surface area contributed by atoms with Crippen LogP contribution in [0, 0.1) is 17.1 Å². The lowest BCUT2D eigenvalue weighted by atomic mass is 10.0. The minimum absolute atomic E-state index is 0.00980. The zero-order chi connectivity index (χ0) is 23.0. The average Bonchev–Trinajstić information content (AvgIpc) is 2.70. The van der Waals surface area contributed by atoms with Gasteiger partial charge < -0.3 is 10.1 Å². The molecule has 0 bridgehead atoms. The van der Waals surface area contributed by atoms with Crippen molar-refractivity contribution in [1.29, 1.82) is 5.26 Å². The predicted molar refractivity (Wildman–Crippen MR) is 107 cm³/mol. The van der Waals surface area contributed by atoms with Crippen molar-refractivity contribution in [3.63, 3.8) is 0 Å².